The molecule has 92 valence electrons. The van der Waals surface area contributed by atoms with Gasteiger partial charge in [0.25, 0.3) is 5.96 Å². The van der Waals surface area contributed by atoms with Crippen LogP contribution in [0.15, 0.2) is 40.7 Å². The zero-order valence-electron chi connectivity index (χ0n) is 9.20. The molecule has 2 rings (SSSR count). The minimum atomic E-state index is -0.806. The molecule has 0 saturated carbocycles. The van der Waals surface area contributed by atoms with E-state index in [1.807, 2.05) is 24.3 Å². The topological polar surface area (TPSA) is 122 Å². The van der Waals surface area contributed by atoms with Crippen LogP contribution in [-0.2, 0) is 0 Å². The van der Waals surface area contributed by atoms with Crippen molar-refractivity contribution < 1.29 is 5.03 Å². The Morgan fingerprint density at radius 3 is 3.06 bits per heavy atom. The Bertz CT molecular complexity index is 630. The number of nitro groups is 1. The van der Waals surface area contributed by atoms with E-state index in [2.05, 4.69) is 15.2 Å². The third-order valence-corrected chi connectivity index (χ3v) is 2.19. The van der Waals surface area contributed by atoms with Crippen LogP contribution in [0.2, 0.25) is 0 Å². The molecule has 0 bridgehead atoms. The first kappa shape index (κ1) is 11.6. The minimum absolute atomic E-state index is 0.379. The van der Waals surface area contributed by atoms with Gasteiger partial charge in [-0.05, 0) is 6.07 Å². The van der Waals surface area contributed by atoms with Crippen molar-refractivity contribution in [2.45, 2.75) is 0 Å². The number of hydrazine groups is 1. The molecular formula is C10H10N6O2. The first-order chi connectivity index (χ1) is 8.66. The molecule has 4 N–H and O–H groups in total. The van der Waals surface area contributed by atoms with Gasteiger partial charge in [0.05, 0.1) is 6.21 Å². The molecule has 0 atom stereocenters. The molecule has 1 aromatic carbocycles. The van der Waals surface area contributed by atoms with E-state index in [9.17, 15) is 10.1 Å². The minimum Gasteiger partial charge on any atom is -0.364 e. The van der Waals surface area contributed by atoms with E-state index in [1.54, 1.807) is 11.6 Å². The fraction of sp³-hybridized carbons (Fsp3) is 0. The zero-order valence-corrected chi connectivity index (χ0v) is 9.20. The second-order valence-corrected chi connectivity index (χ2v) is 3.39. The summed E-state index contributed by atoms with van der Waals surface area (Å²) in [6, 6.07) is 7.67. The van der Waals surface area contributed by atoms with Crippen molar-refractivity contribution in [1.29, 1.82) is 0 Å². The highest BCUT2D eigenvalue weighted by atomic mass is 16.7. The van der Waals surface area contributed by atoms with Crippen LogP contribution in [0.25, 0.3) is 10.9 Å². The number of benzene rings is 1. The summed E-state index contributed by atoms with van der Waals surface area (Å²) in [6.45, 7) is 0. The summed E-state index contributed by atoms with van der Waals surface area (Å²) in [4.78, 5) is 13.1. The largest absolute Gasteiger partial charge is 0.364 e. The van der Waals surface area contributed by atoms with Gasteiger partial charge in [-0.15, -0.1) is 5.10 Å². The molecule has 1 heterocycles. The number of nitrogens with one attached hydrogen (secondary N) is 2. The number of para-hydroxylation sites is 1. The van der Waals surface area contributed by atoms with E-state index >= 15 is 0 Å². The maximum Gasteiger partial charge on any atom is 0.275 e. The van der Waals surface area contributed by atoms with Crippen LogP contribution >= 0.6 is 0 Å². The first-order valence-corrected chi connectivity index (χ1v) is 5.00. The summed E-state index contributed by atoms with van der Waals surface area (Å²) < 4.78 is 0. The molecular weight excluding hydrogens is 236 g/mol. The van der Waals surface area contributed by atoms with Crippen molar-refractivity contribution in [2.24, 2.45) is 15.9 Å². The molecule has 18 heavy (non-hydrogen) atoms. The van der Waals surface area contributed by atoms with Crippen LogP contribution in [0.4, 0.5) is 0 Å². The molecule has 8 nitrogen and oxygen atoms in total. The number of guanidine groups is 1. The van der Waals surface area contributed by atoms with Gasteiger partial charge < -0.3 is 10.7 Å². The molecule has 0 amide bonds. The van der Waals surface area contributed by atoms with Gasteiger partial charge in [-0.2, -0.15) is 5.10 Å². The predicted octanol–water partition coefficient (Wildman–Crippen LogP) is 0.598. The van der Waals surface area contributed by atoms with E-state index in [1.165, 1.54) is 6.21 Å². The smallest absolute Gasteiger partial charge is 0.275 e. The number of aromatic nitrogens is 1. The Morgan fingerprint density at radius 1 is 1.50 bits per heavy atom. The molecule has 0 aliphatic heterocycles. The van der Waals surface area contributed by atoms with Crippen LogP contribution in [0.5, 0.6) is 0 Å². The average molecular weight is 246 g/mol. The number of fused-ring (bicyclic) bond motifs is 1. The molecule has 8 heteroatoms. The first-order valence-electron chi connectivity index (χ1n) is 5.00. The summed E-state index contributed by atoms with van der Waals surface area (Å²) in [5.41, 5.74) is 8.68. The normalized spacial score (nSPS) is 12.1. The molecule has 0 radical (unpaired) electrons. The highest BCUT2D eigenvalue weighted by Gasteiger charge is 2.00. The van der Waals surface area contributed by atoms with Crippen molar-refractivity contribution in [1.82, 2.24) is 10.4 Å². The van der Waals surface area contributed by atoms with E-state index in [0.717, 1.165) is 16.5 Å². The third-order valence-electron chi connectivity index (χ3n) is 2.19. The molecule has 0 saturated heterocycles. The number of rotatable bonds is 3. The van der Waals surface area contributed by atoms with Gasteiger partial charge in [-0.1, -0.05) is 23.6 Å². The van der Waals surface area contributed by atoms with Crippen LogP contribution in [0.1, 0.15) is 5.56 Å². The summed E-state index contributed by atoms with van der Waals surface area (Å²) >= 11 is 0. The Balaban J connectivity index is 2.16. The number of H-pyrrole nitrogens is 1. The number of nitrogens with two attached hydrogens (primary N) is 1. The fourth-order valence-electron chi connectivity index (χ4n) is 1.47. The van der Waals surface area contributed by atoms with E-state index < -0.39 is 5.03 Å². The third kappa shape index (κ3) is 2.61. The van der Waals surface area contributed by atoms with Gasteiger partial charge in [0.2, 0.25) is 0 Å². The Morgan fingerprint density at radius 2 is 2.28 bits per heavy atom. The fourth-order valence-corrected chi connectivity index (χ4v) is 1.47. The predicted molar refractivity (Wildman–Crippen MR) is 67.6 cm³/mol. The maximum absolute atomic E-state index is 10.1. The van der Waals surface area contributed by atoms with Crippen LogP contribution < -0.4 is 11.2 Å². The highest BCUT2D eigenvalue weighted by Crippen LogP contribution is 2.15. The van der Waals surface area contributed by atoms with Gasteiger partial charge in [-0.25, -0.2) is 10.1 Å². The summed E-state index contributed by atoms with van der Waals surface area (Å²) in [7, 11) is 0. The van der Waals surface area contributed by atoms with Crippen molar-refractivity contribution >= 4 is 23.1 Å². The van der Waals surface area contributed by atoms with E-state index in [-0.39, 0.29) is 5.96 Å². The number of nitrogens with zero attached hydrogens (tertiary/aromatic N) is 3. The zero-order chi connectivity index (χ0) is 13.0. The summed E-state index contributed by atoms with van der Waals surface area (Å²) in [5, 5.41) is 17.3. The second kappa shape index (κ2) is 4.95. The van der Waals surface area contributed by atoms with Crippen LogP contribution in [0.3, 0.4) is 0 Å². The van der Waals surface area contributed by atoms with Crippen LogP contribution in [-0.4, -0.2) is 22.2 Å². The van der Waals surface area contributed by atoms with Gasteiger partial charge in [0.15, 0.2) is 5.03 Å². The van der Waals surface area contributed by atoms with Crippen molar-refractivity contribution in [3.05, 3.63) is 46.1 Å². The molecule has 0 unspecified atom stereocenters. The Hall–Kier alpha value is -2.90. The van der Waals surface area contributed by atoms with Gasteiger partial charge in [-0.3, -0.25) is 0 Å². The number of hydrogen-bond donors (Lipinski definition) is 3. The van der Waals surface area contributed by atoms with Crippen molar-refractivity contribution in [3.63, 3.8) is 0 Å². The Labute approximate surface area is 101 Å². The molecule has 0 aliphatic carbocycles. The summed E-state index contributed by atoms with van der Waals surface area (Å²) in [6.07, 6.45) is 3.23. The molecule has 2 aromatic rings. The van der Waals surface area contributed by atoms with E-state index in [4.69, 9.17) is 5.73 Å². The van der Waals surface area contributed by atoms with Gasteiger partial charge in [0.1, 0.15) is 0 Å². The SMILES string of the molecule is N/C(=N/N=C\c1c[nH]c2ccccc12)N[N+](=O)[O-]. The van der Waals surface area contributed by atoms with Crippen LogP contribution in [0, 0.1) is 10.1 Å². The summed E-state index contributed by atoms with van der Waals surface area (Å²) in [5.74, 6) is -0.379. The highest BCUT2D eigenvalue weighted by molar-refractivity contribution is 5.99. The van der Waals surface area contributed by atoms with Crippen molar-refractivity contribution in [3.8, 4) is 0 Å². The maximum atomic E-state index is 10.1. The quantitative estimate of drug-likeness (QED) is 0.317. The van der Waals surface area contributed by atoms with Gasteiger partial charge >= 0.3 is 0 Å². The molecule has 1 aromatic heterocycles. The molecule has 0 aliphatic rings. The second-order valence-electron chi connectivity index (χ2n) is 3.39. The lowest BCUT2D eigenvalue weighted by Crippen LogP contribution is -2.35. The van der Waals surface area contributed by atoms with E-state index in [0.29, 0.717) is 0 Å². The lowest BCUT2D eigenvalue weighted by molar-refractivity contribution is -0.525. The molecule has 0 fully saturated rings. The lowest BCUT2D eigenvalue weighted by atomic mass is 10.2. The molecule has 0 spiro atoms. The average Bonchev–Trinajstić information content (AvgIpc) is 2.72. The Kier molecular flexibility index (Phi) is 3.19. The standard InChI is InChI=1S/C10H10N6O2/c11-10(15-16(17)18)14-13-6-7-5-12-9-4-2-1-3-8(7)9/h1-6,12H,(H3,11,14,15)/b13-6-. The lowest BCUT2D eigenvalue weighted by Gasteiger charge is -1.91. The number of hydrogen-bond acceptors (Lipinski definition) is 4. The monoisotopic (exact) mass is 246 g/mol. The number of aromatic amines is 1. The van der Waals surface area contributed by atoms with Gasteiger partial charge in [0, 0.05) is 22.7 Å². The van der Waals surface area contributed by atoms with Crippen molar-refractivity contribution in [2.75, 3.05) is 0 Å².